The van der Waals surface area contributed by atoms with Gasteiger partial charge >= 0.3 is 0 Å². The molecule has 0 atom stereocenters. The number of guanidine groups is 1. The van der Waals surface area contributed by atoms with E-state index in [1.54, 1.807) is 14.2 Å². The van der Waals surface area contributed by atoms with Crippen LogP contribution in [0.15, 0.2) is 41.4 Å². The summed E-state index contributed by atoms with van der Waals surface area (Å²) in [6, 6.07) is 12.1. The highest BCUT2D eigenvalue weighted by atomic mass is 16.5. The minimum atomic E-state index is 0.621. The average Bonchev–Trinajstić information content (AvgIpc) is 2.74. The van der Waals surface area contributed by atoms with E-state index in [1.165, 1.54) is 5.56 Å². The van der Waals surface area contributed by atoms with E-state index in [2.05, 4.69) is 32.7 Å². The van der Waals surface area contributed by atoms with Crippen LogP contribution in [0.1, 0.15) is 24.6 Å². The van der Waals surface area contributed by atoms with Crippen LogP contribution in [0.25, 0.3) is 0 Å². The number of benzene rings is 1. The van der Waals surface area contributed by atoms with E-state index >= 15 is 0 Å². The molecule has 2 N–H and O–H groups in total. The van der Waals surface area contributed by atoms with Crippen molar-refractivity contribution < 1.29 is 9.47 Å². The Labute approximate surface area is 174 Å². The minimum absolute atomic E-state index is 0.621. The van der Waals surface area contributed by atoms with Crippen LogP contribution in [0.3, 0.4) is 0 Å². The fraction of sp³-hybridized carbons (Fsp3) is 0.455. The van der Waals surface area contributed by atoms with Gasteiger partial charge in [-0.05, 0) is 49.6 Å². The van der Waals surface area contributed by atoms with E-state index in [0.29, 0.717) is 13.2 Å². The molecule has 2 rings (SSSR count). The maximum absolute atomic E-state index is 5.65. The number of nitrogens with one attached hydrogen (secondary N) is 2. The zero-order chi connectivity index (χ0) is 21.1. The van der Waals surface area contributed by atoms with Gasteiger partial charge in [0.15, 0.2) is 17.5 Å². The molecule has 1 aromatic heterocycles. The molecule has 0 aliphatic carbocycles. The van der Waals surface area contributed by atoms with E-state index in [0.717, 1.165) is 48.4 Å². The number of anilines is 1. The fourth-order valence-electron chi connectivity index (χ4n) is 2.85. The molecule has 0 unspecified atom stereocenters. The van der Waals surface area contributed by atoms with Crippen LogP contribution >= 0.6 is 0 Å². The lowest BCUT2D eigenvalue weighted by molar-refractivity contribution is 0.310. The highest BCUT2D eigenvalue weighted by molar-refractivity contribution is 5.79. The smallest absolute Gasteiger partial charge is 0.191 e. The van der Waals surface area contributed by atoms with Gasteiger partial charge < -0.3 is 25.0 Å². The minimum Gasteiger partial charge on any atom is -0.493 e. The van der Waals surface area contributed by atoms with E-state index in [1.807, 2.05) is 50.2 Å². The molecule has 29 heavy (non-hydrogen) atoms. The van der Waals surface area contributed by atoms with Crippen molar-refractivity contribution in [3.05, 3.63) is 47.7 Å². The fourth-order valence-corrected chi connectivity index (χ4v) is 2.85. The van der Waals surface area contributed by atoms with E-state index in [9.17, 15) is 0 Å². The van der Waals surface area contributed by atoms with Crippen molar-refractivity contribution in [3.8, 4) is 11.5 Å². The van der Waals surface area contributed by atoms with Crippen LogP contribution in [0.2, 0.25) is 0 Å². The van der Waals surface area contributed by atoms with E-state index < -0.39 is 0 Å². The van der Waals surface area contributed by atoms with Gasteiger partial charge in [0, 0.05) is 27.7 Å². The molecule has 0 fully saturated rings. The number of hydrogen-bond donors (Lipinski definition) is 2. The third-order valence-corrected chi connectivity index (χ3v) is 4.37. The predicted molar refractivity (Wildman–Crippen MR) is 119 cm³/mol. The first-order valence-corrected chi connectivity index (χ1v) is 9.94. The molecule has 1 heterocycles. The molecule has 1 aromatic carbocycles. The topological polar surface area (TPSA) is 71.0 Å². The Kier molecular flexibility index (Phi) is 9.08. The zero-order valence-electron chi connectivity index (χ0n) is 18.2. The van der Waals surface area contributed by atoms with E-state index in [-0.39, 0.29) is 0 Å². The Morgan fingerprint density at radius 1 is 1.14 bits per heavy atom. The van der Waals surface area contributed by atoms with Gasteiger partial charge in [0.25, 0.3) is 0 Å². The quantitative estimate of drug-likeness (QED) is 0.364. The number of hydrogen-bond acceptors (Lipinski definition) is 5. The molecule has 0 saturated carbocycles. The Morgan fingerprint density at radius 3 is 2.66 bits per heavy atom. The van der Waals surface area contributed by atoms with Crippen molar-refractivity contribution >= 4 is 11.8 Å². The second-order valence-electron chi connectivity index (χ2n) is 6.76. The summed E-state index contributed by atoms with van der Waals surface area (Å²) < 4.78 is 11.0. The van der Waals surface area contributed by atoms with Crippen LogP contribution in [-0.2, 0) is 13.0 Å². The monoisotopic (exact) mass is 399 g/mol. The molecule has 0 spiro atoms. The lowest BCUT2D eigenvalue weighted by atomic mass is 10.1. The summed E-state index contributed by atoms with van der Waals surface area (Å²) in [6.45, 7) is 4.04. The summed E-state index contributed by atoms with van der Waals surface area (Å²) in [5, 5.41) is 6.67. The molecule has 7 heteroatoms. The van der Waals surface area contributed by atoms with Gasteiger partial charge in [-0.3, -0.25) is 4.99 Å². The van der Waals surface area contributed by atoms with Gasteiger partial charge in [-0.15, -0.1) is 0 Å². The molecule has 7 nitrogen and oxygen atoms in total. The molecule has 2 aromatic rings. The highest BCUT2D eigenvalue weighted by Gasteiger charge is 2.06. The second-order valence-corrected chi connectivity index (χ2v) is 6.76. The van der Waals surface area contributed by atoms with Gasteiger partial charge in [0.2, 0.25) is 0 Å². The molecular weight excluding hydrogens is 366 g/mol. The lowest BCUT2D eigenvalue weighted by Gasteiger charge is -2.14. The Hall–Kier alpha value is -2.96. The number of aromatic nitrogens is 1. The van der Waals surface area contributed by atoms with Crippen LogP contribution < -0.4 is 25.0 Å². The van der Waals surface area contributed by atoms with Crippen molar-refractivity contribution in [2.24, 2.45) is 4.99 Å². The molecular formula is C22H33N5O2. The van der Waals surface area contributed by atoms with Crippen LogP contribution in [0.5, 0.6) is 11.5 Å². The van der Waals surface area contributed by atoms with E-state index in [4.69, 9.17) is 9.47 Å². The summed E-state index contributed by atoms with van der Waals surface area (Å²) >= 11 is 0. The first kappa shape index (κ1) is 22.3. The van der Waals surface area contributed by atoms with Crippen LogP contribution in [-0.4, -0.2) is 52.3 Å². The summed E-state index contributed by atoms with van der Waals surface area (Å²) in [5.74, 6) is 3.28. The Morgan fingerprint density at radius 2 is 1.97 bits per heavy atom. The number of rotatable bonds is 10. The predicted octanol–water partition coefficient (Wildman–Crippen LogP) is 2.85. The number of nitrogens with zero attached hydrogens (tertiary/aromatic N) is 3. The van der Waals surface area contributed by atoms with Gasteiger partial charge in [-0.1, -0.05) is 12.1 Å². The number of pyridine rings is 1. The Bertz CT molecular complexity index is 793. The third kappa shape index (κ3) is 7.18. The normalized spacial score (nSPS) is 11.1. The van der Waals surface area contributed by atoms with Crippen molar-refractivity contribution in [2.45, 2.75) is 26.3 Å². The first-order valence-electron chi connectivity index (χ1n) is 9.94. The summed E-state index contributed by atoms with van der Waals surface area (Å²) in [7, 11) is 7.41. The molecule has 0 aliphatic rings. The van der Waals surface area contributed by atoms with Crippen LogP contribution in [0.4, 0.5) is 5.82 Å². The number of aryl methyl sites for hydroxylation is 1. The number of methoxy groups -OCH3 is 1. The van der Waals surface area contributed by atoms with Crippen LogP contribution in [0, 0.1) is 0 Å². The molecule has 0 saturated heterocycles. The van der Waals surface area contributed by atoms with Gasteiger partial charge in [-0.25, -0.2) is 4.98 Å². The summed E-state index contributed by atoms with van der Waals surface area (Å²) in [6.07, 6.45) is 1.92. The highest BCUT2D eigenvalue weighted by Crippen LogP contribution is 2.28. The standard InChI is InChI=1S/C22H33N5O2/c1-6-29-20-15-17(12-13-19(20)28-5)9-8-14-24-22(23-2)25-16-18-10-7-11-21(26-18)27(3)4/h7,10-13,15H,6,8-9,14,16H2,1-5H3,(H2,23,24,25). The largest absolute Gasteiger partial charge is 0.493 e. The molecule has 0 bridgehead atoms. The SMILES string of the molecule is CCOc1cc(CCCNC(=NC)NCc2cccc(N(C)C)n2)ccc1OC. The zero-order valence-corrected chi connectivity index (χ0v) is 18.2. The molecule has 0 amide bonds. The Balaban J connectivity index is 1.79. The number of aliphatic imine (C=N–C) groups is 1. The first-order chi connectivity index (χ1) is 14.1. The van der Waals surface area contributed by atoms with Gasteiger partial charge in [-0.2, -0.15) is 0 Å². The average molecular weight is 400 g/mol. The maximum Gasteiger partial charge on any atom is 0.191 e. The van der Waals surface area contributed by atoms with Crippen molar-refractivity contribution in [2.75, 3.05) is 46.3 Å². The summed E-state index contributed by atoms with van der Waals surface area (Å²) in [5.41, 5.74) is 2.20. The van der Waals surface area contributed by atoms with Gasteiger partial charge in [0.1, 0.15) is 5.82 Å². The van der Waals surface area contributed by atoms with Crippen molar-refractivity contribution in [1.29, 1.82) is 0 Å². The number of ether oxygens (including phenoxy) is 2. The third-order valence-electron chi connectivity index (χ3n) is 4.37. The van der Waals surface area contributed by atoms with Crippen molar-refractivity contribution in [1.82, 2.24) is 15.6 Å². The summed E-state index contributed by atoms with van der Waals surface area (Å²) in [4.78, 5) is 10.9. The van der Waals surface area contributed by atoms with Gasteiger partial charge in [0.05, 0.1) is 26.0 Å². The van der Waals surface area contributed by atoms with Crippen molar-refractivity contribution in [3.63, 3.8) is 0 Å². The molecule has 158 valence electrons. The molecule has 0 aliphatic heterocycles. The maximum atomic E-state index is 5.65. The second kappa shape index (κ2) is 11.8. The lowest BCUT2D eigenvalue weighted by Crippen LogP contribution is -2.37. The molecule has 0 radical (unpaired) electrons.